The van der Waals surface area contributed by atoms with Crippen LogP contribution in [0.5, 0.6) is 0 Å². The Morgan fingerprint density at radius 1 is 1.00 bits per heavy atom. The number of nitrogens with one attached hydrogen (secondary N) is 2. The maximum absolute atomic E-state index is 12.6. The fourth-order valence-electron chi connectivity index (χ4n) is 2.88. The molecule has 1 atom stereocenters. The molecule has 0 aliphatic carbocycles. The van der Waals surface area contributed by atoms with Crippen molar-refractivity contribution in [2.75, 3.05) is 10.6 Å². The van der Waals surface area contributed by atoms with Crippen molar-refractivity contribution < 1.29 is 14.5 Å². The first kappa shape index (κ1) is 24.6. The minimum atomic E-state index is -0.479. The van der Waals surface area contributed by atoms with Crippen molar-refractivity contribution in [3.63, 3.8) is 0 Å². The first-order valence-electron chi connectivity index (χ1n) is 9.73. The average molecular weight is 504 g/mol. The molecule has 7 nitrogen and oxygen atoms in total. The van der Waals surface area contributed by atoms with E-state index in [9.17, 15) is 19.7 Å². The lowest BCUT2D eigenvalue weighted by Gasteiger charge is -2.14. The average Bonchev–Trinajstić information content (AvgIpc) is 2.76. The molecule has 0 aromatic heterocycles. The Morgan fingerprint density at radius 2 is 1.70 bits per heavy atom. The van der Waals surface area contributed by atoms with Crippen molar-refractivity contribution in [1.82, 2.24) is 0 Å². The molecule has 0 bridgehead atoms. The number of nitro benzene ring substituents is 1. The largest absolute Gasteiger partial charge is 0.325 e. The fraction of sp³-hybridized carbons (Fsp3) is 0.130. The topological polar surface area (TPSA) is 101 Å². The van der Waals surface area contributed by atoms with Crippen LogP contribution in [0.2, 0.25) is 10.0 Å². The first-order chi connectivity index (χ1) is 15.6. The molecule has 0 fully saturated rings. The molecule has 0 saturated carbocycles. The van der Waals surface area contributed by atoms with E-state index in [-0.39, 0.29) is 22.5 Å². The highest BCUT2D eigenvalue weighted by Crippen LogP contribution is 2.28. The van der Waals surface area contributed by atoms with E-state index in [1.807, 2.05) is 0 Å². The van der Waals surface area contributed by atoms with E-state index in [4.69, 9.17) is 23.2 Å². The number of halogens is 2. The van der Waals surface area contributed by atoms with E-state index < -0.39 is 10.2 Å². The predicted octanol–water partition coefficient (Wildman–Crippen LogP) is 6.58. The van der Waals surface area contributed by atoms with E-state index >= 15 is 0 Å². The molecule has 0 saturated heterocycles. The van der Waals surface area contributed by atoms with E-state index in [1.165, 1.54) is 36.0 Å². The number of rotatable bonds is 7. The molecular formula is C23H19Cl2N3O4S. The van der Waals surface area contributed by atoms with Gasteiger partial charge >= 0.3 is 0 Å². The molecule has 3 aromatic rings. The number of benzene rings is 3. The maximum Gasteiger partial charge on any atom is 0.269 e. The predicted molar refractivity (Wildman–Crippen MR) is 133 cm³/mol. The summed E-state index contributed by atoms with van der Waals surface area (Å²) in [7, 11) is 0. The highest BCUT2D eigenvalue weighted by atomic mass is 35.5. The Balaban J connectivity index is 1.59. The Morgan fingerprint density at radius 3 is 2.30 bits per heavy atom. The molecule has 0 heterocycles. The van der Waals surface area contributed by atoms with Crippen LogP contribution >= 0.6 is 35.0 Å². The summed E-state index contributed by atoms with van der Waals surface area (Å²) in [6.45, 7) is 3.46. The normalized spacial score (nSPS) is 11.5. The maximum atomic E-state index is 12.6. The summed E-state index contributed by atoms with van der Waals surface area (Å²) in [5, 5.41) is 16.7. The summed E-state index contributed by atoms with van der Waals surface area (Å²) >= 11 is 13.3. The van der Waals surface area contributed by atoms with Gasteiger partial charge in [-0.1, -0.05) is 23.2 Å². The molecule has 0 aliphatic heterocycles. The van der Waals surface area contributed by atoms with Gasteiger partial charge < -0.3 is 10.6 Å². The summed E-state index contributed by atoms with van der Waals surface area (Å²) in [5.74, 6) is -0.588. The summed E-state index contributed by atoms with van der Waals surface area (Å²) in [6, 6.07) is 16.0. The van der Waals surface area contributed by atoms with E-state index in [0.29, 0.717) is 27.5 Å². The second kappa shape index (κ2) is 10.7. The SMILES string of the molecule is Cc1cc([N+](=O)[O-])ccc1NC(=O)C(C)Sc1ccc(NC(=O)c2ccc(Cl)cc2Cl)cc1. The lowest BCUT2D eigenvalue weighted by molar-refractivity contribution is -0.384. The lowest BCUT2D eigenvalue weighted by atomic mass is 10.2. The second-order valence-corrected chi connectivity index (χ2v) is 9.37. The number of hydrogen-bond acceptors (Lipinski definition) is 5. The van der Waals surface area contributed by atoms with Gasteiger partial charge in [-0.2, -0.15) is 0 Å². The number of anilines is 2. The van der Waals surface area contributed by atoms with E-state index in [2.05, 4.69) is 10.6 Å². The van der Waals surface area contributed by atoms with Crippen LogP contribution in [0.1, 0.15) is 22.8 Å². The Kier molecular flexibility index (Phi) is 7.97. The van der Waals surface area contributed by atoms with Crippen molar-refractivity contribution in [1.29, 1.82) is 0 Å². The molecule has 1 unspecified atom stereocenters. The van der Waals surface area contributed by atoms with E-state index in [0.717, 1.165) is 4.90 Å². The van der Waals surface area contributed by atoms with Crippen LogP contribution in [0.3, 0.4) is 0 Å². The van der Waals surface area contributed by atoms with Gasteiger partial charge in [0.15, 0.2) is 0 Å². The zero-order chi connectivity index (χ0) is 24.1. The third-order valence-corrected chi connectivity index (χ3v) is 6.31. The number of hydrogen-bond donors (Lipinski definition) is 2. The molecule has 2 N–H and O–H groups in total. The lowest BCUT2D eigenvalue weighted by Crippen LogP contribution is -2.22. The molecule has 0 radical (unpaired) electrons. The van der Waals surface area contributed by atoms with Crippen LogP contribution in [-0.2, 0) is 4.79 Å². The zero-order valence-corrected chi connectivity index (χ0v) is 19.9. The van der Waals surface area contributed by atoms with Gasteiger partial charge in [-0.3, -0.25) is 19.7 Å². The molecular weight excluding hydrogens is 485 g/mol. The van der Waals surface area contributed by atoms with Crippen molar-refractivity contribution in [2.45, 2.75) is 24.0 Å². The second-order valence-electron chi connectivity index (χ2n) is 7.11. The highest BCUT2D eigenvalue weighted by Gasteiger charge is 2.17. The minimum Gasteiger partial charge on any atom is -0.325 e. The van der Waals surface area contributed by atoms with Gasteiger partial charge in [0.25, 0.3) is 11.6 Å². The fourth-order valence-corrected chi connectivity index (χ4v) is 4.24. The van der Waals surface area contributed by atoms with Gasteiger partial charge in [-0.15, -0.1) is 11.8 Å². The number of amides is 2. The number of carbonyl (C=O) groups excluding carboxylic acids is 2. The van der Waals surface area contributed by atoms with Gasteiger partial charge in [0, 0.05) is 33.4 Å². The smallest absolute Gasteiger partial charge is 0.269 e. The summed E-state index contributed by atoms with van der Waals surface area (Å²) in [5.41, 5.74) is 1.99. The van der Waals surface area contributed by atoms with Crippen LogP contribution < -0.4 is 10.6 Å². The molecule has 3 rings (SSSR count). The summed E-state index contributed by atoms with van der Waals surface area (Å²) < 4.78 is 0. The monoisotopic (exact) mass is 503 g/mol. The van der Waals surface area contributed by atoms with Crippen molar-refractivity contribution in [2.24, 2.45) is 0 Å². The molecule has 0 spiro atoms. The van der Waals surface area contributed by atoms with Gasteiger partial charge in [0.1, 0.15) is 0 Å². The zero-order valence-electron chi connectivity index (χ0n) is 17.6. The van der Waals surface area contributed by atoms with Crippen LogP contribution in [0.4, 0.5) is 17.1 Å². The summed E-state index contributed by atoms with van der Waals surface area (Å²) in [4.78, 5) is 36.2. The number of nitro groups is 1. The van der Waals surface area contributed by atoms with Crippen LogP contribution in [0.25, 0.3) is 0 Å². The molecule has 2 amide bonds. The third kappa shape index (κ3) is 6.47. The summed E-state index contributed by atoms with van der Waals surface area (Å²) in [6.07, 6.45) is 0. The van der Waals surface area contributed by atoms with Gasteiger partial charge in [0.2, 0.25) is 5.91 Å². The van der Waals surface area contributed by atoms with Crippen molar-refractivity contribution in [3.05, 3.63) is 92.0 Å². The first-order valence-corrected chi connectivity index (χ1v) is 11.4. The number of thioether (sulfide) groups is 1. The van der Waals surface area contributed by atoms with Crippen LogP contribution in [0.15, 0.2) is 65.6 Å². The van der Waals surface area contributed by atoms with Gasteiger partial charge in [-0.05, 0) is 67.9 Å². The van der Waals surface area contributed by atoms with E-state index in [1.54, 1.807) is 50.2 Å². The number of carbonyl (C=O) groups is 2. The van der Waals surface area contributed by atoms with Gasteiger partial charge in [-0.25, -0.2) is 0 Å². The van der Waals surface area contributed by atoms with Crippen molar-refractivity contribution >= 4 is 63.8 Å². The van der Waals surface area contributed by atoms with Crippen LogP contribution in [0, 0.1) is 17.0 Å². The standard InChI is InChI=1S/C23H19Cl2N3O4S/c1-13-11-17(28(31)32)6-10-21(13)27-22(29)14(2)33-18-7-4-16(5-8-18)26-23(30)19-9-3-15(24)12-20(19)25/h3-12,14H,1-2H3,(H,26,30)(H,27,29). The molecule has 10 heteroatoms. The number of non-ortho nitro benzene ring substituents is 1. The Bertz CT molecular complexity index is 1220. The Labute approximate surface area is 204 Å². The van der Waals surface area contributed by atoms with Crippen molar-refractivity contribution in [3.8, 4) is 0 Å². The molecule has 3 aromatic carbocycles. The quantitative estimate of drug-likeness (QED) is 0.215. The minimum absolute atomic E-state index is 0.0292. The molecule has 33 heavy (non-hydrogen) atoms. The molecule has 170 valence electrons. The number of nitrogens with zero attached hydrogens (tertiary/aromatic N) is 1. The number of aryl methyl sites for hydroxylation is 1. The third-order valence-electron chi connectivity index (χ3n) is 4.65. The molecule has 0 aliphatic rings. The highest BCUT2D eigenvalue weighted by molar-refractivity contribution is 8.00. The van der Waals surface area contributed by atoms with Crippen LogP contribution in [-0.4, -0.2) is 22.0 Å². The Hall–Kier alpha value is -3.07. The van der Waals surface area contributed by atoms with Gasteiger partial charge in [0.05, 0.1) is 20.8 Å².